The van der Waals surface area contributed by atoms with Crippen molar-refractivity contribution in [3.63, 3.8) is 0 Å². The van der Waals surface area contributed by atoms with E-state index in [2.05, 4.69) is 17.1 Å². The minimum atomic E-state index is 0.0380. The number of aryl methyl sites for hydroxylation is 1. The summed E-state index contributed by atoms with van der Waals surface area (Å²) in [7, 11) is 3.67. The van der Waals surface area contributed by atoms with E-state index in [1.165, 1.54) is 19.3 Å². The Hall–Kier alpha value is -2.01. The highest BCUT2D eigenvalue weighted by molar-refractivity contribution is 5.99. The van der Waals surface area contributed by atoms with Crippen molar-refractivity contribution in [2.75, 3.05) is 20.2 Å². The molecule has 146 valence electrons. The smallest absolute Gasteiger partial charge is 0.271 e. The third-order valence-electron chi connectivity index (χ3n) is 6.59. The van der Waals surface area contributed by atoms with Crippen LogP contribution in [-0.4, -0.2) is 47.2 Å². The number of fused-ring (bicyclic) bond motifs is 1. The van der Waals surface area contributed by atoms with Crippen LogP contribution in [0.2, 0.25) is 0 Å². The van der Waals surface area contributed by atoms with Gasteiger partial charge in [-0.05, 0) is 50.1 Å². The normalized spacial score (nSPS) is 21.9. The Balaban J connectivity index is 1.69. The average Bonchev–Trinajstić information content (AvgIpc) is 3.19. The van der Waals surface area contributed by atoms with Gasteiger partial charge >= 0.3 is 0 Å². The molecule has 2 aliphatic rings. The number of carbonyl (C=O) groups excluding carboxylic acids is 1. The lowest BCUT2D eigenvalue weighted by Gasteiger charge is -2.41. The highest BCUT2D eigenvalue weighted by Crippen LogP contribution is 2.42. The minimum absolute atomic E-state index is 0.0380. The van der Waals surface area contributed by atoms with E-state index in [0.717, 1.165) is 54.7 Å². The first kappa shape index (κ1) is 18.4. The molecule has 1 aliphatic carbocycles. The molecule has 1 amide bonds. The van der Waals surface area contributed by atoms with Crippen molar-refractivity contribution in [1.82, 2.24) is 14.8 Å². The lowest BCUT2D eigenvalue weighted by Crippen LogP contribution is -2.48. The zero-order chi connectivity index (χ0) is 19.0. The minimum Gasteiger partial charge on any atom is -0.497 e. The van der Waals surface area contributed by atoms with E-state index in [1.807, 2.05) is 35.9 Å². The zero-order valence-corrected chi connectivity index (χ0v) is 16.8. The Morgan fingerprint density at radius 2 is 2.04 bits per heavy atom. The summed E-state index contributed by atoms with van der Waals surface area (Å²) < 4.78 is 7.39. The van der Waals surface area contributed by atoms with Gasteiger partial charge in [0.15, 0.2) is 0 Å². The predicted molar refractivity (Wildman–Crippen MR) is 108 cm³/mol. The van der Waals surface area contributed by atoms with Gasteiger partial charge in [-0.2, -0.15) is 0 Å². The number of ether oxygens (including phenoxy) is 1. The maximum Gasteiger partial charge on any atom is 0.271 e. The molecule has 5 heteroatoms. The molecule has 2 heterocycles. The van der Waals surface area contributed by atoms with Gasteiger partial charge in [0, 0.05) is 36.1 Å². The first-order valence-corrected chi connectivity index (χ1v) is 10.3. The summed E-state index contributed by atoms with van der Waals surface area (Å²) in [6.45, 7) is 3.92. The van der Waals surface area contributed by atoms with Crippen molar-refractivity contribution in [3.05, 3.63) is 30.0 Å². The van der Waals surface area contributed by atoms with Gasteiger partial charge in [-0.25, -0.2) is 0 Å². The van der Waals surface area contributed by atoms with E-state index in [0.29, 0.717) is 6.04 Å². The fraction of sp³-hybridized carbons (Fsp3) is 0.591. The van der Waals surface area contributed by atoms with Gasteiger partial charge in [0.25, 0.3) is 5.91 Å². The molecular formula is C22H31N3O2. The summed E-state index contributed by atoms with van der Waals surface area (Å²) >= 11 is 0. The number of nitrogens with zero attached hydrogens (tertiary/aromatic N) is 2. The van der Waals surface area contributed by atoms with Crippen LogP contribution in [0, 0.1) is 0 Å². The number of hydrogen-bond acceptors (Lipinski definition) is 3. The number of methoxy groups -OCH3 is 1. The van der Waals surface area contributed by atoms with Crippen LogP contribution in [0.5, 0.6) is 5.75 Å². The SMILES string of the molecule is CCNC1CN(C(=O)c2cc3cc(OC)ccc3n2C)C2(CCCCC2)C1. The van der Waals surface area contributed by atoms with Gasteiger partial charge in [0.05, 0.1) is 7.11 Å². The van der Waals surface area contributed by atoms with Gasteiger partial charge < -0.3 is 19.5 Å². The molecule has 1 aliphatic heterocycles. The number of likely N-dealkylation sites (N-methyl/N-ethyl adjacent to an activating group) is 1. The lowest BCUT2D eigenvalue weighted by molar-refractivity contribution is 0.0491. The molecule has 1 spiro atoms. The summed E-state index contributed by atoms with van der Waals surface area (Å²) in [5, 5.41) is 4.65. The molecule has 4 rings (SSSR count). The van der Waals surface area contributed by atoms with Crippen LogP contribution < -0.4 is 10.1 Å². The van der Waals surface area contributed by atoms with Crippen molar-refractivity contribution in [1.29, 1.82) is 0 Å². The predicted octanol–water partition coefficient (Wildman–Crippen LogP) is 3.71. The zero-order valence-electron chi connectivity index (χ0n) is 16.8. The number of rotatable bonds is 4. The van der Waals surface area contributed by atoms with E-state index >= 15 is 0 Å². The molecule has 1 unspecified atom stereocenters. The fourth-order valence-electron chi connectivity index (χ4n) is 5.25. The molecule has 1 aromatic heterocycles. The standard InChI is InChI=1S/C22H31N3O2/c1-4-23-17-14-22(10-6-5-7-11-22)25(15-17)21(26)20-13-16-12-18(27-3)8-9-19(16)24(20)2/h8-9,12-13,17,23H,4-7,10-11,14-15H2,1-3H3. The van der Waals surface area contributed by atoms with Crippen LogP contribution in [0.1, 0.15) is 55.9 Å². The molecule has 1 saturated carbocycles. The third-order valence-corrected chi connectivity index (χ3v) is 6.59. The maximum atomic E-state index is 13.7. The molecule has 1 N–H and O–H groups in total. The van der Waals surface area contributed by atoms with Gasteiger partial charge in [0.1, 0.15) is 11.4 Å². The Kier molecular flexibility index (Phi) is 4.89. The van der Waals surface area contributed by atoms with Crippen LogP contribution in [0.15, 0.2) is 24.3 Å². The monoisotopic (exact) mass is 369 g/mol. The fourth-order valence-corrected chi connectivity index (χ4v) is 5.25. The highest BCUT2D eigenvalue weighted by atomic mass is 16.5. The van der Waals surface area contributed by atoms with Crippen molar-refractivity contribution < 1.29 is 9.53 Å². The number of aromatic nitrogens is 1. The number of likely N-dealkylation sites (tertiary alicyclic amines) is 1. The van der Waals surface area contributed by atoms with Crippen LogP contribution in [0.3, 0.4) is 0 Å². The second kappa shape index (κ2) is 7.19. The molecule has 2 aromatic rings. The van der Waals surface area contributed by atoms with Crippen LogP contribution in [0.4, 0.5) is 0 Å². The summed E-state index contributed by atoms with van der Waals surface area (Å²) in [5.41, 5.74) is 1.88. The van der Waals surface area contributed by atoms with Crippen molar-refractivity contribution in [2.45, 2.75) is 57.0 Å². The maximum absolute atomic E-state index is 13.7. The highest BCUT2D eigenvalue weighted by Gasteiger charge is 2.48. The Morgan fingerprint density at radius 3 is 2.74 bits per heavy atom. The summed E-state index contributed by atoms with van der Waals surface area (Å²) in [4.78, 5) is 15.9. The van der Waals surface area contributed by atoms with Crippen LogP contribution in [-0.2, 0) is 7.05 Å². The van der Waals surface area contributed by atoms with Crippen molar-refractivity contribution in [3.8, 4) is 5.75 Å². The second-order valence-electron chi connectivity index (χ2n) is 8.17. The van der Waals surface area contributed by atoms with E-state index < -0.39 is 0 Å². The van der Waals surface area contributed by atoms with Gasteiger partial charge in [-0.15, -0.1) is 0 Å². The topological polar surface area (TPSA) is 46.5 Å². The molecular weight excluding hydrogens is 338 g/mol. The summed E-state index contributed by atoms with van der Waals surface area (Å²) in [6, 6.07) is 8.43. The first-order chi connectivity index (χ1) is 13.1. The number of carbonyl (C=O) groups is 1. The van der Waals surface area contributed by atoms with Crippen LogP contribution in [0.25, 0.3) is 10.9 Å². The molecule has 1 aromatic carbocycles. The van der Waals surface area contributed by atoms with Gasteiger partial charge in [-0.1, -0.05) is 26.2 Å². The number of nitrogens with one attached hydrogen (secondary N) is 1. The molecule has 1 saturated heterocycles. The van der Waals surface area contributed by atoms with E-state index in [1.54, 1.807) is 7.11 Å². The molecule has 0 bridgehead atoms. The van der Waals surface area contributed by atoms with E-state index in [-0.39, 0.29) is 11.4 Å². The van der Waals surface area contributed by atoms with Crippen LogP contribution >= 0.6 is 0 Å². The van der Waals surface area contributed by atoms with E-state index in [9.17, 15) is 4.79 Å². The van der Waals surface area contributed by atoms with Crippen molar-refractivity contribution in [2.24, 2.45) is 7.05 Å². The third kappa shape index (κ3) is 3.12. The van der Waals surface area contributed by atoms with E-state index in [4.69, 9.17) is 4.74 Å². The largest absolute Gasteiger partial charge is 0.497 e. The molecule has 0 radical (unpaired) electrons. The summed E-state index contributed by atoms with van der Waals surface area (Å²) in [6.07, 6.45) is 7.12. The Morgan fingerprint density at radius 1 is 1.26 bits per heavy atom. The number of benzene rings is 1. The Bertz CT molecular complexity index is 835. The quantitative estimate of drug-likeness (QED) is 0.894. The second-order valence-corrected chi connectivity index (χ2v) is 8.17. The molecule has 2 fully saturated rings. The number of hydrogen-bond donors (Lipinski definition) is 1. The lowest BCUT2D eigenvalue weighted by atomic mass is 9.79. The Labute approximate surface area is 161 Å². The number of amides is 1. The van der Waals surface area contributed by atoms with Gasteiger partial charge in [-0.3, -0.25) is 4.79 Å². The van der Waals surface area contributed by atoms with Crippen molar-refractivity contribution >= 4 is 16.8 Å². The van der Waals surface area contributed by atoms with Gasteiger partial charge in [0.2, 0.25) is 0 Å². The molecule has 1 atom stereocenters. The first-order valence-electron chi connectivity index (χ1n) is 10.3. The summed E-state index contributed by atoms with van der Waals surface area (Å²) in [5.74, 6) is 0.999. The molecule has 5 nitrogen and oxygen atoms in total. The molecule has 27 heavy (non-hydrogen) atoms. The average molecular weight is 370 g/mol.